The van der Waals surface area contributed by atoms with E-state index in [2.05, 4.69) is 4.98 Å². The maximum atomic E-state index is 12.9. The molecule has 6 heteroatoms. The molecule has 0 N–H and O–H groups in total. The van der Waals surface area contributed by atoms with Crippen LogP contribution in [0.2, 0.25) is 5.02 Å². The van der Waals surface area contributed by atoms with E-state index in [1.165, 1.54) is 28.4 Å². The quantitative estimate of drug-likeness (QED) is 0.845. The summed E-state index contributed by atoms with van der Waals surface area (Å²) in [6.07, 6.45) is 0. The highest BCUT2D eigenvalue weighted by Crippen LogP contribution is 2.24. The SMILES string of the molecule is Cc1csc(N(C)C(=O)c2ccc(F)cc2Cl)n1. The number of amides is 1. The van der Waals surface area contributed by atoms with Crippen LogP contribution >= 0.6 is 22.9 Å². The van der Waals surface area contributed by atoms with Gasteiger partial charge in [0.25, 0.3) is 5.91 Å². The number of anilines is 1. The molecule has 0 unspecified atom stereocenters. The van der Waals surface area contributed by atoms with Crippen molar-refractivity contribution in [2.75, 3.05) is 11.9 Å². The van der Waals surface area contributed by atoms with Crippen LogP contribution in [0.25, 0.3) is 0 Å². The van der Waals surface area contributed by atoms with Crippen LogP contribution in [-0.2, 0) is 0 Å². The molecule has 0 saturated heterocycles. The monoisotopic (exact) mass is 284 g/mol. The predicted molar refractivity (Wildman–Crippen MR) is 71.0 cm³/mol. The Kier molecular flexibility index (Phi) is 3.63. The van der Waals surface area contributed by atoms with E-state index in [-0.39, 0.29) is 16.5 Å². The highest BCUT2D eigenvalue weighted by molar-refractivity contribution is 7.14. The molecule has 0 spiro atoms. The van der Waals surface area contributed by atoms with Crippen molar-refractivity contribution >= 4 is 34.0 Å². The molecule has 0 bridgehead atoms. The van der Waals surface area contributed by atoms with Crippen molar-refractivity contribution < 1.29 is 9.18 Å². The third-order valence-corrected chi connectivity index (χ3v) is 3.71. The van der Waals surface area contributed by atoms with E-state index in [9.17, 15) is 9.18 Å². The lowest BCUT2D eigenvalue weighted by atomic mass is 10.2. The van der Waals surface area contributed by atoms with Gasteiger partial charge in [-0.1, -0.05) is 11.6 Å². The first-order valence-electron chi connectivity index (χ1n) is 5.14. The first-order valence-corrected chi connectivity index (χ1v) is 6.40. The Hall–Kier alpha value is -1.46. The molecular formula is C12H10ClFN2OS. The van der Waals surface area contributed by atoms with Gasteiger partial charge in [0.1, 0.15) is 5.82 Å². The fourth-order valence-corrected chi connectivity index (χ4v) is 2.44. The molecule has 2 aromatic rings. The van der Waals surface area contributed by atoms with Gasteiger partial charge in [-0.05, 0) is 25.1 Å². The van der Waals surface area contributed by atoms with Crippen LogP contribution in [0.4, 0.5) is 9.52 Å². The number of rotatable bonds is 2. The molecule has 2 rings (SSSR count). The van der Waals surface area contributed by atoms with Gasteiger partial charge in [0, 0.05) is 12.4 Å². The number of carbonyl (C=O) groups is 1. The van der Waals surface area contributed by atoms with Crippen LogP contribution < -0.4 is 4.90 Å². The van der Waals surface area contributed by atoms with Crippen LogP contribution in [0.5, 0.6) is 0 Å². The fraction of sp³-hybridized carbons (Fsp3) is 0.167. The second-order valence-electron chi connectivity index (χ2n) is 3.76. The second-order valence-corrected chi connectivity index (χ2v) is 5.00. The summed E-state index contributed by atoms with van der Waals surface area (Å²) in [5.74, 6) is -0.779. The lowest BCUT2D eigenvalue weighted by Gasteiger charge is -2.14. The number of hydrogen-bond donors (Lipinski definition) is 0. The van der Waals surface area contributed by atoms with Gasteiger partial charge in [0.2, 0.25) is 0 Å². The van der Waals surface area contributed by atoms with Crippen molar-refractivity contribution in [2.24, 2.45) is 0 Å². The third-order valence-electron chi connectivity index (χ3n) is 2.36. The first-order chi connectivity index (χ1) is 8.49. The Morgan fingerprint density at radius 3 is 2.78 bits per heavy atom. The zero-order valence-electron chi connectivity index (χ0n) is 9.78. The molecule has 1 heterocycles. The number of aromatic nitrogens is 1. The van der Waals surface area contributed by atoms with Crippen molar-refractivity contribution in [3.8, 4) is 0 Å². The van der Waals surface area contributed by atoms with E-state index in [1.807, 2.05) is 12.3 Å². The summed E-state index contributed by atoms with van der Waals surface area (Å²) in [4.78, 5) is 17.8. The van der Waals surface area contributed by atoms with Crippen LogP contribution in [0.3, 0.4) is 0 Å². The van der Waals surface area contributed by atoms with Crippen LogP contribution in [0.15, 0.2) is 23.6 Å². The molecule has 0 saturated carbocycles. The molecule has 1 aromatic carbocycles. The molecule has 0 atom stereocenters. The Balaban J connectivity index is 2.31. The molecule has 0 fully saturated rings. The van der Waals surface area contributed by atoms with Crippen molar-refractivity contribution in [3.63, 3.8) is 0 Å². The summed E-state index contributed by atoms with van der Waals surface area (Å²) in [5.41, 5.74) is 1.10. The largest absolute Gasteiger partial charge is 0.287 e. The minimum absolute atomic E-state index is 0.0973. The normalized spacial score (nSPS) is 10.4. The van der Waals surface area contributed by atoms with Gasteiger partial charge >= 0.3 is 0 Å². The van der Waals surface area contributed by atoms with Gasteiger partial charge < -0.3 is 0 Å². The van der Waals surface area contributed by atoms with E-state index in [0.29, 0.717) is 5.13 Å². The molecular weight excluding hydrogens is 275 g/mol. The van der Waals surface area contributed by atoms with E-state index < -0.39 is 5.82 Å². The maximum Gasteiger partial charge on any atom is 0.261 e. The third kappa shape index (κ3) is 2.52. The van der Waals surface area contributed by atoms with E-state index in [0.717, 1.165) is 11.8 Å². The van der Waals surface area contributed by atoms with Crippen molar-refractivity contribution in [1.29, 1.82) is 0 Å². The van der Waals surface area contributed by atoms with Gasteiger partial charge in [0.05, 0.1) is 16.3 Å². The minimum Gasteiger partial charge on any atom is -0.287 e. The van der Waals surface area contributed by atoms with Crippen LogP contribution in [-0.4, -0.2) is 17.9 Å². The van der Waals surface area contributed by atoms with Gasteiger partial charge in [-0.2, -0.15) is 0 Å². The Morgan fingerprint density at radius 1 is 1.50 bits per heavy atom. The van der Waals surface area contributed by atoms with E-state index in [4.69, 9.17) is 11.6 Å². The van der Waals surface area contributed by atoms with Gasteiger partial charge in [-0.25, -0.2) is 9.37 Å². The van der Waals surface area contributed by atoms with Crippen molar-refractivity contribution in [3.05, 3.63) is 45.7 Å². The van der Waals surface area contributed by atoms with Gasteiger partial charge in [-0.3, -0.25) is 9.69 Å². The molecule has 0 radical (unpaired) electrons. The summed E-state index contributed by atoms with van der Waals surface area (Å²) in [7, 11) is 1.61. The van der Waals surface area contributed by atoms with Crippen molar-refractivity contribution in [2.45, 2.75) is 6.92 Å². The summed E-state index contributed by atoms with van der Waals surface area (Å²) in [5, 5.41) is 2.53. The number of carbonyl (C=O) groups excluding carboxylic acids is 1. The summed E-state index contributed by atoms with van der Waals surface area (Å²) < 4.78 is 12.9. The number of benzene rings is 1. The first kappa shape index (κ1) is 13.0. The standard InChI is InChI=1S/C12H10ClFN2OS/c1-7-6-18-12(15-7)16(2)11(17)9-4-3-8(14)5-10(9)13/h3-6H,1-2H3. The summed E-state index contributed by atoms with van der Waals surface area (Å²) in [6, 6.07) is 3.70. The molecule has 94 valence electrons. The average molecular weight is 285 g/mol. The molecule has 1 amide bonds. The molecule has 0 aliphatic heterocycles. The average Bonchev–Trinajstić information content (AvgIpc) is 2.74. The van der Waals surface area contributed by atoms with E-state index >= 15 is 0 Å². The number of hydrogen-bond acceptors (Lipinski definition) is 3. The maximum absolute atomic E-state index is 12.9. The smallest absolute Gasteiger partial charge is 0.261 e. The number of nitrogens with zero attached hydrogens (tertiary/aromatic N) is 2. The van der Waals surface area contributed by atoms with Crippen LogP contribution in [0, 0.1) is 12.7 Å². The lowest BCUT2D eigenvalue weighted by molar-refractivity contribution is 0.0993. The zero-order valence-corrected chi connectivity index (χ0v) is 11.3. The lowest BCUT2D eigenvalue weighted by Crippen LogP contribution is -2.26. The second kappa shape index (κ2) is 5.04. The van der Waals surface area contributed by atoms with Crippen molar-refractivity contribution in [1.82, 2.24) is 4.98 Å². The molecule has 3 nitrogen and oxygen atoms in total. The Labute approximate surface area is 113 Å². The Morgan fingerprint density at radius 2 is 2.22 bits per heavy atom. The minimum atomic E-state index is -0.468. The summed E-state index contributed by atoms with van der Waals surface area (Å²) >= 11 is 7.22. The zero-order chi connectivity index (χ0) is 13.3. The molecule has 18 heavy (non-hydrogen) atoms. The number of thiazole rings is 1. The van der Waals surface area contributed by atoms with Gasteiger partial charge in [0.15, 0.2) is 5.13 Å². The van der Waals surface area contributed by atoms with Gasteiger partial charge in [-0.15, -0.1) is 11.3 Å². The molecule has 0 aliphatic rings. The molecule has 0 aliphatic carbocycles. The number of aryl methyl sites for hydroxylation is 1. The topological polar surface area (TPSA) is 33.2 Å². The fourth-order valence-electron chi connectivity index (χ4n) is 1.43. The van der Waals surface area contributed by atoms with E-state index in [1.54, 1.807) is 7.05 Å². The molecule has 1 aromatic heterocycles. The Bertz CT molecular complexity index is 600. The highest BCUT2D eigenvalue weighted by atomic mass is 35.5. The predicted octanol–water partition coefficient (Wildman–Crippen LogP) is 3.52. The summed E-state index contributed by atoms with van der Waals surface area (Å²) in [6.45, 7) is 1.85. The van der Waals surface area contributed by atoms with Crippen LogP contribution in [0.1, 0.15) is 16.1 Å². The number of halogens is 2. The highest BCUT2D eigenvalue weighted by Gasteiger charge is 2.18.